The lowest BCUT2D eigenvalue weighted by Crippen LogP contribution is -2.62. The number of benzene rings is 5. The van der Waals surface area contributed by atoms with Crippen LogP contribution >= 0.6 is 11.3 Å². The SMILES string of the molecule is Cc1cc2c3c(c1)N(c1c(C)cc(C(C)(C)C)cc1C)c1sc4ccc(C)cc4c1B3c1ccc3c4c1N2c1cc2c(cc1C4(C)CCC3(C)C)C(C)(C)CCC2(C)C. The van der Waals surface area contributed by atoms with E-state index in [2.05, 4.69) is 173 Å². The van der Waals surface area contributed by atoms with Gasteiger partial charge in [-0.25, -0.2) is 0 Å². The molecule has 4 heterocycles. The maximum absolute atomic E-state index is 2.80. The minimum Gasteiger partial charge on any atom is -0.311 e. The van der Waals surface area contributed by atoms with Gasteiger partial charge in [0.1, 0.15) is 0 Å². The van der Waals surface area contributed by atoms with Gasteiger partial charge < -0.3 is 9.80 Å². The number of fused-ring (bicyclic) bond motifs is 10. The van der Waals surface area contributed by atoms with E-state index < -0.39 is 0 Å². The van der Waals surface area contributed by atoms with Crippen molar-refractivity contribution in [2.45, 2.75) is 150 Å². The molecule has 0 spiro atoms. The number of anilines is 6. The molecule has 0 fully saturated rings. The molecule has 4 heteroatoms. The molecule has 0 bridgehead atoms. The summed E-state index contributed by atoms with van der Waals surface area (Å²) in [6.07, 6.45) is 4.77. The molecule has 1 atom stereocenters. The van der Waals surface area contributed by atoms with Gasteiger partial charge in [-0.15, -0.1) is 11.3 Å². The van der Waals surface area contributed by atoms with E-state index in [1.54, 1.807) is 22.3 Å². The molecule has 1 unspecified atom stereocenters. The number of thiophene rings is 1. The van der Waals surface area contributed by atoms with Crippen LogP contribution in [0.4, 0.5) is 33.4 Å². The monoisotopic (exact) mass is 792 g/mol. The molecule has 0 saturated carbocycles. The minimum absolute atomic E-state index is 0.0698. The van der Waals surface area contributed by atoms with Crippen molar-refractivity contribution >= 4 is 78.0 Å². The molecule has 0 amide bonds. The van der Waals surface area contributed by atoms with E-state index in [1.807, 2.05) is 11.3 Å². The topological polar surface area (TPSA) is 6.48 Å². The van der Waals surface area contributed by atoms with E-state index in [0.717, 1.165) is 6.42 Å². The Labute approximate surface area is 358 Å². The van der Waals surface area contributed by atoms with Gasteiger partial charge >= 0.3 is 0 Å². The van der Waals surface area contributed by atoms with E-state index >= 15 is 0 Å². The van der Waals surface area contributed by atoms with Crippen LogP contribution in [0.1, 0.15) is 151 Å². The summed E-state index contributed by atoms with van der Waals surface area (Å²) in [5.74, 6) is 0. The molecule has 6 aromatic rings. The molecule has 300 valence electrons. The number of aryl methyl sites for hydroxylation is 4. The van der Waals surface area contributed by atoms with Crippen molar-refractivity contribution in [3.8, 4) is 0 Å². The van der Waals surface area contributed by atoms with E-state index in [-0.39, 0.29) is 33.8 Å². The first-order valence-electron chi connectivity index (χ1n) is 22.4. The van der Waals surface area contributed by atoms with E-state index in [1.165, 1.54) is 113 Å². The summed E-state index contributed by atoms with van der Waals surface area (Å²) >= 11 is 1.99. The first kappa shape index (κ1) is 37.7. The highest BCUT2D eigenvalue weighted by Crippen LogP contribution is 2.63. The van der Waals surface area contributed by atoms with Crippen LogP contribution in [0.2, 0.25) is 0 Å². The third kappa shape index (κ3) is 4.87. The molecule has 11 rings (SSSR count). The molecule has 5 aliphatic rings. The van der Waals surface area contributed by atoms with Gasteiger partial charge in [-0.2, -0.15) is 0 Å². The quantitative estimate of drug-likeness (QED) is 0.153. The van der Waals surface area contributed by atoms with Crippen LogP contribution in [0.3, 0.4) is 0 Å². The summed E-state index contributed by atoms with van der Waals surface area (Å²) in [4.78, 5) is 5.51. The predicted molar refractivity (Wildman–Crippen MR) is 257 cm³/mol. The van der Waals surface area contributed by atoms with Gasteiger partial charge in [0.05, 0.1) is 16.4 Å². The fourth-order valence-electron chi connectivity index (χ4n) is 12.5. The van der Waals surface area contributed by atoms with Crippen LogP contribution < -0.4 is 26.2 Å². The van der Waals surface area contributed by atoms with E-state index in [9.17, 15) is 0 Å². The summed E-state index contributed by atoms with van der Waals surface area (Å²) < 4.78 is 1.38. The summed E-state index contributed by atoms with van der Waals surface area (Å²) in [5, 5.41) is 2.79. The van der Waals surface area contributed by atoms with Crippen LogP contribution in [0.25, 0.3) is 10.1 Å². The maximum Gasteiger partial charge on any atom is 0.254 e. The Morgan fingerprint density at radius 1 is 0.559 bits per heavy atom. The zero-order valence-electron chi connectivity index (χ0n) is 38.1. The summed E-state index contributed by atoms with van der Waals surface area (Å²) in [7, 11) is 0. The van der Waals surface area contributed by atoms with Gasteiger partial charge in [0.15, 0.2) is 0 Å². The lowest BCUT2D eigenvalue weighted by atomic mass is 9.32. The molecule has 0 saturated heterocycles. The van der Waals surface area contributed by atoms with Crippen molar-refractivity contribution in [1.29, 1.82) is 0 Å². The molecular formula is C55H61BN2S. The fourth-order valence-corrected chi connectivity index (χ4v) is 13.8. The van der Waals surface area contributed by atoms with Gasteiger partial charge in [0.25, 0.3) is 6.71 Å². The molecular weight excluding hydrogens is 731 g/mol. The number of rotatable bonds is 1. The van der Waals surface area contributed by atoms with Gasteiger partial charge in [0.2, 0.25) is 0 Å². The summed E-state index contributed by atoms with van der Waals surface area (Å²) in [6, 6.07) is 27.7. The fraction of sp³-hybridized carbons (Fsp3) is 0.418. The zero-order valence-corrected chi connectivity index (χ0v) is 38.9. The van der Waals surface area contributed by atoms with Crippen LogP contribution in [0.5, 0.6) is 0 Å². The minimum atomic E-state index is -0.0846. The van der Waals surface area contributed by atoms with Crippen LogP contribution in [-0.4, -0.2) is 6.71 Å². The molecule has 3 aliphatic heterocycles. The second-order valence-electron chi connectivity index (χ2n) is 22.7. The van der Waals surface area contributed by atoms with E-state index in [0.29, 0.717) is 0 Å². The predicted octanol–water partition coefficient (Wildman–Crippen LogP) is 13.6. The Balaban J connectivity index is 1.30. The smallest absolute Gasteiger partial charge is 0.254 e. The van der Waals surface area contributed by atoms with E-state index in [4.69, 9.17) is 0 Å². The first-order chi connectivity index (χ1) is 27.6. The largest absolute Gasteiger partial charge is 0.311 e. The Morgan fingerprint density at radius 3 is 1.83 bits per heavy atom. The summed E-state index contributed by atoms with van der Waals surface area (Å²) in [6.45, 7) is 34.1. The third-order valence-electron chi connectivity index (χ3n) is 16.1. The number of nitrogens with zero attached hydrogens (tertiary/aromatic N) is 2. The molecule has 2 aliphatic carbocycles. The van der Waals surface area contributed by atoms with Gasteiger partial charge in [0, 0.05) is 27.2 Å². The maximum atomic E-state index is 2.80. The number of hydrogen-bond acceptors (Lipinski definition) is 3. The normalized spacial score (nSPS) is 21.2. The molecule has 0 radical (unpaired) electrons. The lowest BCUT2D eigenvalue weighted by molar-refractivity contribution is 0.327. The lowest BCUT2D eigenvalue weighted by Gasteiger charge is -2.55. The Hall–Kier alpha value is -4.28. The second-order valence-corrected chi connectivity index (χ2v) is 23.7. The Kier molecular flexibility index (Phi) is 7.38. The summed E-state index contributed by atoms with van der Waals surface area (Å²) in [5.41, 5.74) is 26.2. The van der Waals surface area contributed by atoms with Crippen LogP contribution in [-0.2, 0) is 27.1 Å². The molecule has 59 heavy (non-hydrogen) atoms. The van der Waals surface area contributed by atoms with Crippen molar-refractivity contribution in [3.05, 3.63) is 122 Å². The van der Waals surface area contributed by atoms with Crippen molar-refractivity contribution in [3.63, 3.8) is 0 Å². The van der Waals surface area contributed by atoms with Crippen molar-refractivity contribution in [1.82, 2.24) is 0 Å². The van der Waals surface area contributed by atoms with Crippen molar-refractivity contribution < 1.29 is 0 Å². The first-order valence-corrected chi connectivity index (χ1v) is 23.2. The highest BCUT2D eigenvalue weighted by Gasteiger charge is 2.55. The van der Waals surface area contributed by atoms with Crippen LogP contribution in [0, 0.1) is 27.7 Å². The Morgan fingerprint density at radius 2 is 1.17 bits per heavy atom. The van der Waals surface area contributed by atoms with Gasteiger partial charge in [-0.05, 0) is 171 Å². The zero-order chi connectivity index (χ0) is 41.7. The molecule has 2 nitrogen and oxygen atoms in total. The Bertz CT molecular complexity index is 2850. The van der Waals surface area contributed by atoms with Crippen molar-refractivity contribution in [2.24, 2.45) is 0 Å². The van der Waals surface area contributed by atoms with Gasteiger partial charge in [-0.1, -0.05) is 117 Å². The van der Waals surface area contributed by atoms with Gasteiger partial charge in [-0.3, -0.25) is 0 Å². The molecule has 0 N–H and O–H groups in total. The second kappa shape index (κ2) is 11.5. The molecule has 1 aromatic heterocycles. The molecule has 5 aromatic carbocycles. The highest BCUT2D eigenvalue weighted by atomic mass is 32.1. The van der Waals surface area contributed by atoms with Crippen molar-refractivity contribution in [2.75, 3.05) is 9.80 Å². The van der Waals surface area contributed by atoms with Crippen LogP contribution in [0.15, 0.2) is 66.7 Å². The number of hydrogen-bond donors (Lipinski definition) is 0. The third-order valence-corrected chi connectivity index (χ3v) is 17.2. The highest BCUT2D eigenvalue weighted by molar-refractivity contribution is 7.26. The standard InChI is InChI=1S/C55H61BN2S/c1-30-15-18-44-35(23-30)46-50(59-44)58(48-32(3)26-34(27-33(48)4)51(5,6)7)43-25-31(2)24-42-47(43)56(46)40-17-16-36-45-49(40)57(42)41-29-38-37(53(10,11)19-20-54(38,12)13)28-39(41)55(45,14)22-21-52(36,8)9/h15-18,23-29H,19-22H2,1-14H3. The average Bonchev–Trinajstić information content (AvgIpc) is 3.52. The average molecular weight is 793 g/mol.